The molecule has 2 aliphatic rings. The van der Waals surface area contributed by atoms with Crippen LogP contribution in [0.1, 0.15) is 19.3 Å². The molecule has 4 heteroatoms. The molecule has 2 saturated carbocycles. The molecule has 4 nitrogen and oxygen atoms in total. The second-order valence-electron chi connectivity index (χ2n) is 3.63. The van der Waals surface area contributed by atoms with Crippen LogP contribution in [0.25, 0.3) is 0 Å². The first kappa shape index (κ1) is 7.58. The van der Waals surface area contributed by atoms with E-state index in [0.717, 1.165) is 25.0 Å². The van der Waals surface area contributed by atoms with Crippen LogP contribution in [0.3, 0.4) is 0 Å². The van der Waals surface area contributed by atoms with Crippen LogP contribution in [0.15, 0.2) is 5.10 Å². The lowest BCUT2D eigenvalue weighted by atomic mass is 9.98. The highest BCUT2D eigenvalue weighted by atomic mass is 16.4. The van der Waals surface area contributed by atoms with Crippen LogP contribution in [0.2, 0.25) is 0 Å². The first-order valence-corrected chi connectivity index (χ1v) is 4.23. The normalized spacial score (nSPS) is 42.3. The number of rotatable bonds is 1. The number of carboxylic acid groups (broad SMARTS) is 1. The Morgan fingerprint density at radius 3 is 2.75 bits per heavy atom. The summed E-state index contributed by atoms with van der Waals surface area (Å²) in [5, 5.41) is 12.6. The number of fused-ring (bicyclic) bond motifs is 2. The quantitative estimate of drug-likeness (QED) is 0.440. The molecule has 2 bridgehead atoms. The average Bonchev–Trinajstić information content (AvgIpc) is 2.59. The smallest absolute Gasteiger partial charge is 0.307 e. The van der Waals surface area contributed by atoms with Crippen molar-refractivity contribution in [3.63, 3.8) is 0 Å². The largest absolute Gasteiger partial charge is 0.481 e. The summed E-state index contributed by atoms with van der Waals surface area (Å²) in [5.74, 6) is 4.73. The maximum atomic E-state index is 10.8. The average molecular weight is 168 g/mol. The SMILES string of the molecule is N/N=C1/C[C@H]2CC[C@@H]1[C@@H]2C(=O)O. The molecular formula is C8H12N2O2. The van der Waals surface area contributed by atoms with Gasteiger partial charge in [0.1, 0.15) is 0 Å². The topological polar surface area (TPSA) is 75.7 Å². The summed E-state index contributed by atoms with van der Waals surface area (Å²) in [6.07, 6.45) is 2.79. The van der Waals surface area contributed by atoms with Crippen molar-refractivity contribution in [3.05, 3.63) is 0 Å². The number of hydrogen-bond donors (Lipinski definition) is 2. The summed E-state index contributed by atoms with van der Waals surface area (Å²) >= 11 is 0. The van der Waals surface area contributed by atoms with E-state index in [2.05, 4.69) is 5.10 Å². The number of carbonyl (C=O) groups is 1. The Bertz CT molecular complexity index is 249. The van der Waals surface area contributed by atoms with Gasteiger partial charge in [0.15, 0.2) is 0 Å². The summed E-state index contributed by atoms with van der Waals surface area (Å²) in [6.45, 7) is 0. The molecule has 0 heterocycles. The minimum absolute atomic E-state index is 0.137. The molecule has 3 N–H and O–H groups in total. The molecule has 66 valence electrons. The number of hydrogen-bond acceptors (Lipinski definition) is 3. The van der Waals surface area contributed by atoms with Crippen LogP contribution >= 0.6 is 0 Å². The standard InChI is InChI=1S/C8H12N2O2/c9-10-6-3-4-1-2-5(6)7(4)8(11)12/h4-5,7H,1-3,9H2,(H,11,12)/b10-6-/t4-,5+,7-/m1/s1. The predicted molar refractivity (Wildman–Crippen MR) is 43.6 cm³/mol. The Balaban J connectivity index is 2.25. The zero-order valence-electron chi connectivity index (χ0n) is 6.73. The minimum Gasteiger partial charge on any atom is -0.481 e. The molecule has 0 aliphatic heterocycles. The van der Waals surface area contributed by atoms with Gasteiger partial charge in [-0.15, -0.1) is 0 Å². The number of hydrazone groups is 1. The highest BCUT2D eigenvalue weighted by Gasteiger charge is 2.49. The van der Waals surface area contributed by atoms with Crippen molar-refractivity contribution in [1.82, 2.24) is 0 Å². The molecule has 0 radical (unpaired) electrons. The Labute approximate surface area is 70.4 Å². The van der Waals surface area contributed by atoms with Gasteiger partial charge in [-0.25, -0.2) is 0 Å². The fourth-order valence-electron chi connectivity index (χ4n) is 2.63. The van der Waals surface area contributed by atoms with Gasteiger partial charge < -0.3 is 10.9 Å². The van der Waals surface area contributed by atoms with Gasteiger partial charge >= 0.3 is 5.97 Å². The van der Waals surface area contributed by atoms with Crippen LogP contribution in [0.4, 0.5) is 0 Å². The monoisotopic (exact) mass is 168 g/mol. The van der Waals surface area contributed by atoms with Gasteiger partial charge in [-0.3, -0.25) is 4.79 Å². The molecule has 0 aromatic heterocycles. The summed E-state index contributed by atoms with van der Waals surface area (Å²) in [5.41, 5.74) is 0.915. The van der Waals surface area contributed by atoms with Gasteiger partial charge in [0, 0.05) is 11.6 Å². The molecule has 2 fully saturated rings. The lowest BCUT2D eigenvalue weighted by Crippen LogP contribution is -2.20. The maximum absolute atomic E-state index is 10.8. The van der Waals surface area contributed by atoms with Crippen LogP contribution < -0.4 is 5.84 Å². The summed E-state index contributed by atoms with van der Waals surface area (Å²) < 4.78 is 0. The zero-order chi connectivity index (χ0) is 8.72. The lowest BCUT2D eigenvalue weighted by Gasteiger charge is -2.09. The molecule has 2 aliphatic carbocycles. The van der Waals surface area contributed by atoms with Gasteiger partial charge in [0.2, 0.25) is 0 Å². The van der Waals surface area contributed by atoms with Gasteiger partial charge in [-0.05, 0) is 25.2 Å². The predicted octanol–water partition coefficient (Wildman–Crippen LogP) is 0.432. The highest BCUT2D eigenvalue weighted by molar-refractivity contribution is 5.95. The fourth-order valence-corrected chi connectivity index (χ4v) is 2.63. The van der Waals surface area contributed by atoms with Crippen molar-refractivity contribution < 1.29 is 9.90 Å². The second kappa shape index (κ2) is 2.47. The van der Waals surface area contributed by atoms with Gasteiger partial charge in [0.05, 0.1) is 5.92 Å². The van der Waals surface area contributed by atoms with Crippen molar-refractivity contribution >= 4 is 11.7 Å². The third kappa shape index (κ3) is 0.838. The lowest BCUT2D eigenvalue weighted by molar-refractivity contribution is -0.143. The fraction of sp³-hybridized carbons (Fsp3) is 0.750. The Hall–Kier alpha value is -1.06. The van der Waals surface area contributed by atoms with Crippen LogP contribution in [0.5, 0.6) is 0 Å². The third-order valence-corrected chi connectivity index (χ3v) is 3.14. The van der Waals surface area contributed by atoms with Crippen molar-refractivity contribution in [2.45, 2.75) is 19.3 Å². The van der Waals surface area contributed by atoms with E-state index in [0.29, 0.717) is 5.92 Å². The third-order valence-electron chi connectivity index (χ3n) is 3.14. The maximum Gasteiger partial charge on any atom is 0.307 e. The van der Waals surface area contributed by atoms with Crippen molar-refractivity contribution in [1.29, 1.82) is 0 Å². The Morgan fingerprint density at radius 2 is 2.33 bits per heavy atom. The Kier molecular flexibility index (Phi) is 1.56. The van der Waals surface area contributed by atoms with E-state index in [1.54, 1.807) is 0 Å². The van der Waals surface area contributed by atoms with E-state index in [1.807, 2.05) is 0 Å². The van der Waals surface area contributed by atoms with E-state index in [4.69, 9.17) is 10.9 Å². The summed E-state index contributed by atoms with van der Waals surface area (Å²) in [4.78, 5) is 10.8. The molecule has 0 unspecified atom stereocenters. The Morgan fingerprint density at radius 1 is 1.58 bits per heavy atom. The molecule has 12 heavy (non-hydrogen) atoms. The molecule has 0 amide bonds. The van der Waals surface area contributed by atoms with Crippen molar-refractivity contribution in [2.75, 3.05) is 0 Å². The van der Waals surface area contributed by atoms with E-state index in [9.17, 15) is 4.79 Å². The minimum atomic E-state index is -0.679. The van der Waals surface area contributed by atoms with E-state index >= 15 is 0 Å². The van der Waals surface area contributed by atoms with Crippen LogP contribution in [0, 0.1) is 17.8 Å². The van der Waals surface area contributed by atoms with Gasteiger partial charge in [-0.2, -0.15) is 5.10 Å². The molecular weight excluding hydrogens is 156 g/mol. The number of aliphatic carboxylic acids is 1. The van der Waals surface area contributed by atoms with E-state index in [1.165, 1.54) is 0 Å². The first-order chi connectivity index (χ1) is 5.74. The summed E-state index contributed by atoms with van der Waals surface area (Å²) in [7, 11) is 0. The molecule has 0 aromatic carbocycles. The van der Waals surface area contributed by atoms with Gasteiger partial charge in [-0.1, -0.05) is 0 Å². The van der Waals surface area contributed by atoms with Crippen LogP contribution in [-0.4, -0.2) is 16.8 Å². The molecule has 2 rings (SSSR count). The van der Waals surface area contributed by atoms with Crippen LogP contribution in [-0.2, 0) is 4.79 Å². The molecule has 0 aromatic rings. The van der Waals surface area contributed by atoms with Gasteiger partial charge in [0.25, 0.3) is 0 Å². The highest BCUT2D eigenvalue weighted by Crippen LogP contribution is 2.47. The van der Waals surface area contributed by atoms with Crippen molar-refractivity contribution in [3.8, 4) is 0 Å². The molecule has 0 spiro atoms. The van der Waals surface area contributed by atoms with E-state index in [-0.39, 0.29) is 11.8 Å². The number of nitrogens with two attached hydrogens (primary N) is 1. The zero-order valence-corrected chi connectivity index (χ0v) is 6.73. The van der Waals surface area contributed by atoms with Crippen molar-refractivity contribution in [2.24, 2.45) is 28.7 Å². The number of nitrogens with zero attached hydrogens (tertiary/aromatic N) is 1. The number of carboxylic acids is 1. The summed E-state index contributed by atoms with van der Waals surface area (Å²) in [6, 6.07) is 0. The first-order valence-electron chi connectivity index (χ1n) is 4.23. The molecule has 3 atom stereocenters. The van der Waals surface area contributed by atoms with E-state index < -0.39 is 5.97 Å². The molecule has 0 saturated heterocycles. The second-order valence-corrected chi connectivity index (χ2v) is 3.63.